The van der Waals surface area contributed by atoms with Crippen LogP contribution in [-0.2, 0) is 9.47 Å². The fourth-order valence-corrected chi connectivity index (χ4v) is 2.39. The second-order valence-electron chi connectivity index (χ2n) is 8.88. The van der Waals surface area contributed by atoms with Gasteiger partial charge in [0.15, 0.2) is 0 Å². The predicted molar refractivity (Wildman–Crippen MR) is 114 cm³/mol. The molecule has 0 aliphatic carbocycles. The summed E-state index contributed by atoms with van der Waals surface area (Å²) in [7, 11) is 0. The Morgan fingerprint density at radius 1 is 1.03 bits per heavy atom. The topological polar surface area (TPSA) is 112 Å². The molecule has 164 valence electrons. The summed E-state index contributed by atoms with van der Waals surface area (Å²) in [5.41, 5.74) is -0.583. The van der Waals surface area contributed by atoms with Crippen molar-refractivity contribution in [3.05, 3.63) is 24.5 Å². The van der Waals surface area contributed by atoms with Crippen molar-refractivity contribution >= 4 is 28.9 Å². The summed E-state index contributed by atoms with van der Waals surface area (Å²) < 4.78 is 16.4. The number of carbonyl (C=O) groups is 2. The average molecular weight is 418 g/mol. The number of ether oxygens (including phenoxy) is 3. The van der Waals surface area contributed by atoms with Crippen LogP contribution < -0.4 is 15.4 Å². The van der Waals surface area contributed by atoms with Crippen LogP contribution >= 0.6 is 0 Å². The summed E-state index contributed by atoms with van der Waals surface area (Å²) in [5, 5.41) is 6.00. The molecule has 0 bridgehead atoms. The Labute approximate surface area is 176 Å². The first-order valence-corrected chi connectivity index (χ1v) is 9.69. The molecule has 9 nitrogen and oxygen atoms in total. The molecule has 2 amide bonds. The van der Waals surface area contributed by atoms with Crippen LogP contribution in [0, 0.1) is 0 Å². The van der Waals surface area contributed by atoms with Gasteiger partial charge in [0.05, 0.1) is 17.8 Å². The van der Waals surface area contributed by atoms with Gasteiger partial charge in [-0.2, -0.15) is 0 Å². The molecule has 0 aliphatic heterocycles. The molecule has 9 heteroatoms. The van der Waals surface area contributed by atoms with Crippen molar-refractivity contribution in [1.82, 2.24) is 15.3 Å². The van der Waals surface area contributed by atoms with Gasteiger partial charge in [0.2, 0.25) is 0 Å². The van der Waals surface area contributed by atoms with Gasteiger partial charge in [-0.25, -0.2) is 14.6 Å². The van der Waals surface area contributed by atoms with E-state index in [0.29, 0.717) is 22.5 Å². The number of rotatable bonds is 5. The van der Waals surface area contributed by atoms with E-state index in [1.54, 1.807) is 59.9 Å². The highest BCUT2D eigenvalue weighted by Gasteiger charge is 2.19. The number of hydrogen-bond acceptors (Lipinski definition) is 7. The molecule has 2 heterocycles. The summed E-state index contributed by atoms with van der Waals surface area (Å²) >= 11 is 0. The molecular formula is C21H30N4O5. The highest BCUT2D eigenvalue weighted by atomic mass is 16.6. The fraction of sp³-hybridized carbons (Fsp3) is 0.524. The number of nitrogens with zero attached hydrogens (tertiary/aromatic N) is 2. The Hall–Kier alpha value is -3.10. The molecule has 2 aromatic heterocycles. The summed E-state index contributed by atoms with van der Waals surface area (Å²) in [5.74, 6) is 0.863. The molecular weight excluding hydrogens is 388 g/mol. The first-order valence-electron chi connectivity index (χ1n) is 9.69. The third-order valence-corrected chi connectivity index (χ3v) is 3.47. The van der Waals surface area contributed by atoms with Crippen LogP contribution in [0.1, 0.15) is 48.5 Å². The predicted octanol–water partition coefficient (Wildman–Crippen LogP) is 4.27. The van der Waals surface area contributed by atoms with Crippen molar-refractivity contribution in [1.29, 1.82) is 0 Å². The van der Waals surface area contributed by atoms with E-state index in [-0.39, 0.29) is 12.6 Å². The van der Waals surface area contributed by atoms with Gasteiger partial charge in [0.1, 0.15) is 29.4 Å². The first-order chi connectivity index (χ1) is 13.8. The molecule has 0 aromatic carbocycles. The van der Waals surface area contributed by atoms with E-state index in [2.05, 4.69) is 20.6 Å². The molecule has 2 aromatic rings. The number of alkyl carbamates (subject to hydrolysis) is 1. The van der Waals surface area contributed by atoms with Crippen LogP contribution in [0.5, 0.6) is 5.75 Å². The quantitative estimate of drug-likeness (QED) is 0.746. The van der Waals surface area contributed by atoms with E-state index in [0.717, 1.165) is 0 Å². The van der Waals surface area contributed by atoms with Crippen LogP contribution in [0.3, 0.4) is 0 Å². The molecule has 0 fully saturated rings. The van der Waals surface area contributed by atoms with Gasteiger partial charge in [0, 0.05) is 11.6 Å². The SMILES string of the molecule is C[C@H](COc1ccnc2cnc(NC(=O)OC(C)(C)C)cc12)NC(=O)OC(C)(C)C. The second kappa shape index (κ2) is 9.15. The Kier molecular flexibility index (Phi) is 7.07. The zero-order valence-corrected chi connectivity index (χ0v) is 18.5. The number of nitrogens with one attached hydrogen (secondary N) is 2. The normalized spacial score (nSPS) is 12.8. The van der Waals surface area contributed by atoms with Crippen molar-refractivity contribution < 1.29 is 23.8 Å². The lowest BCUT2D eigenvalue weighted by molar-refractivity contribution is 0.0493. The van der Waals surface area contributed by atoms with Crippen molar-refractivity contribution in [2.75, 3.05) is 11.9 Å². The van der Waals surface area contributed by atoms with Crippen molar-refractivity contribution in [2.45, 2.75) is 65.7 Å². The Bertz CT molecular complexity index is 902. The van der Waals surface area contributed by atoms with Crippen molar-refractivity contribution in [3.8, 4) is 5.75 Å². The van der Waals surface area contributed by atoms with Crippen LogP contribution in [0.2, 0.25) is 0 Å². The van der Waals surface area contributed by atoms with Crippen LogP contribution in [-0.4, -0.2) is 46.0 Å². The minimum Gasteiger partial charge on any atom is -0.491 e. The number of amides is 2. The van der Waals surface area contributed by atoms with Gasteiger partial charge in [-0.15, -0.1) is 0 Å². The number of fused-ring (bicyclic) bond motifs is 1. The molecule has 0 unspecified atom stereocenters. The molecule has 2 rings (SSSR count). The van der Waals surface area contributed by atoms with Gasteiger partial charge >= 0.3 is 12.2 Å². The zero-order valence-electron chi connectivity index (χ0n) is 18.5. The average Bonchev–Trinajstić information content (AvgIpc) is 2.56. The van der Waals surface area contributed by atoms with Crippen LogP contribution in [0.25, 0.3) is 10.9 Å². The van der Waals surface area contributed by atoms with E-state index in [1.165, 1.54) is 6.20 Å². The summed E-state index contributed by atoms with van der Waals surface area (Å²) in [6, 6.07) is 3.08. The second-order valence-corrected chi connectivity index (χ2v) is 8.88. The molecule has 30 heavy (non-hydrogen) atoms. The highest BCUT2D eigenvalue weighted by Crippen LogP contribution is 2.26. The minimum absolute atomic E-state index is 0.218. The van der Waals surface area contributed by atoms with E-state index < -0.39 is 23.4 Å². The Morgan fingerprint density at radius 2 is 1.67 bits per heavy atom. The van der Waals surface area contributed by atoms with Gasteiger partial charge in [0.25, 0.3) is 0 Å². The summed E-state index contributed by atoms with van der Waals surface area (Å²) in [6.45, 7) is 12.8. The van der Waals surface area contributed by atoms with Crippen molar-refractivity contribution in [2.24, 2.45) is 0 Å². The number of anilines is 1. The monoisotopic (exact) mass is 418 g/mol. The molecule has 0 aliphatic rings. The summed E-state index contributed by atoms with van der Waals surface area (Å²) in [4.78, 5) is 32.3. The molecule has 2 N–H and O–H groups in total. The van der Waals surface area contributed by atoms with Crippen molar-refractivity contribution in [3.63, 3.8) is 0 Å². The lowest BCUT2D eigenvalue weighted by Gasteiger charge is -2.22. The number of hydrogen-bond donors (Lipinski definition) is 2. The molecule has 1 atom stereocenters. The van der Waals surface area contributed by atoms with E-state index in [9.17, 15) is 9.59 Å². The molecule has 0 spiro atoms. The molecule has 0 saturated carbocycles. The Morgan fingerprint density at radius 3 is 2.30 bits per heavy atom. The van der Waals surface area contributed by atoms with E-state index >= 15 is 0 Å². The smallest absolute Gasteiger partial charge is 0.413 e. The lowest BCUT2D eigenvalue weighted by atomic mass is 10.2. The fourth-order valence-electron chi connectivity index (χ4n) is 2.39. The highest BCUT2D eigenvalue weighted by molar-refractivity contribution is 5.90. The largest absolute Gasteiger partial charge is 0.491 e. The van der Waals surface area contributed by atoms with Gasteiger partial charge < -0.3 is 19.5 Å². The van der Waals surface area contributed by atoms with Crippen LogP contribution in [0.4, 0.5) is 15.4 Å². The maximum absolute atomic E-state index is 12.0. The van der Waals surface area contributed by atoms with E-state index in [4.69, 9.17) is 14.2 Å². The van der Waals surface area contributed by atoms with E-state index in [1.807, 2.05) is 6.92 Å². The number of pyridine rings is 2. The van der Waals surface area contributed by atoms with Gasteiger partial charge in [-0.3, -0.25) is 10.3 Å². The molecule has 0 radical (unpaired) electrons. The first kappa shape index (κ1) is 23.2. The maximum atomic E-state index is 12.0. The Balaban J connectivity index is 2.06. The number of carbonyl (C=O) groups excluding carboxylic acids is 2. The lowest BCUT2D eigenvalue weighted by Crippen LogP contribution is -2.40. The molecule has 0 saturated heterocycles. The zero-order chi connectivity index (χ0) is 22.5. The van der Waals surface area contributed by atoms with Gasteiger partial charge in [-0.1, -0.05) is 0 Å². The van der Waals surface area contributed by atoms with Gasteiger partial charge in [-0.05, 0) is 60.6 Å². The third kappa shape index (κ3) is 7.73. The third-order valence-electron chi connectivity index (χ3n) is 3.47. The van der Waals surface area contributed by atoms with Crippen LogP contribution in [0.15, 0.2) is 24.5 Å². The summed E-state index contributed by atoms with van der Waals surface area (Å²) in [6.07, 6.45) is 2.03. The maximum Gasteiger partial charge on any atom is 0.413 e. The number of aromatic nitrogens is 2. The standard InChI is InChI=1S/C21H30N4O5/c1-13(24-18(26)29-20(2,3)4)12-28-16-8-9-22-15-11-23-17(10-14(15)16)25-19(27)30-21(5,6)7/h8-11,13H,12H2,1-7H3,(H,24,26)(H,23,25,27)/t13-/m1/s1. The minimum atomic E-state index is -0.617.